The molecule has 4 aromatic rings. The number of nitrogens with zero attached hydrogens (tertiary/aromatic N) is 4. The number of anilines is 1. The molecule has 2 heterocycles. The molecular formula is C20H14ClF4N5O. The molecule has 0 unspecified atom stereocenters. The molecule has 11 heteroatoms. The van der Waals surface area contributed by atoms with E-state index in [9.17, 15) is 17.6 Å². The van der Waals surface area contributed by atoms with E-state index in [4.69, 9.17) is 16.3 Å². The number of imidazole rings is 1. The summed E-state index contributed by atoms with van der Waals surface area (Å²) in [6.45, 7) is 0.0959. The Morgan fingerprint density at radius 2 is 1.90 bits per heavy atom. The lowest BCUT2D eigenvalue weighted by Gasteiger charge is -2.11. The highest BCUT2D eigenvalue weighted by Crippen LogP contribution is 2.34. The number of nitrogens with one attached hydrogen (secondary N) is 1. The molecule has 2 aromatic heterocycles. The van der Waals surface area contributed by atoms with Gasteiger partial charge in [0.15, 0.2) is 5.82 Å². The molecule has 0 aliphatic rings. The number of rotatable bonds is 5. The van der Waals surface area contributed by atoms with E-state index in [1.807, 2.05) is 0 Å². The lowest BCUT2D eigenvalue weighted by Crippen LogP contribution is -2.15. The van der Waals surface area contributed by atoms with Gasteiger partial charge in [0.1, 0.15) is 17.4 Å². The molecule has 0 spiro atoms. The fourth-order valence-corrected chi connectivity index (χ4v) is 3.15. The number of aromatic nitrogens is 4. The van der Waals surface area contributed by atoms with Crippen LogP contribution in [0.2, 0.25) is 5.02 Å². The summed E-state index contributed by atoms with van der Waals surface area (Å²) in [7, 11) is 1.41. The van der Waals surface area contributed by atoms with Crippen LogP contribution in [0, 0.1) is 5.82 Å². The number of hydrogen-bond acceptors (Lipinski definition) is 5. The van der Waals surface area contributed by atoms with Crippen molar-refractivity contribution in [1.82, 2.24) is 19.5 Å². The molecule has 0 amide bonds. The lowest BCUT2D eigenvalue weighted by atomic mass is 10.2. The summed E-state index contributed by atoms with van der Waals surface area (Å²) >= 11 is 5.73. The monoisotopic (exact) mass is 451 g/mol. The summed E-state index contributed by atoms with van der Waals surface area (Å²) in [6.07, 6.45) is -2.27. The summed E-state index contributed by atoms with van der Waals surface area (Å²) in [5, 5.41) is 3.14. The fraction of sp³-hybridized carbons (Fsp3) is 0.150. The zero-order chi connectivity index (χ0) is 22.2. The number of ether oxygens (including phenoxy) is 1. The highest BCUT2D eigenvalue weighted by molar-refractivity contribution is 6.30. The first-order valence-corrected chi connectivity index (χ1v) is 9.28. The van der Waals surface area contributed by atoms with Gasteiger partial charge in [0.25, 0.3) is 0 Å². The molecule has 4 rings (SSSR count). The maximum atomic E-state index is 13.9. The first kappa shape index (κ1) is 20.9. The van der Waals surface area contributed by atoms with Crippen LogP contribution in [0.3, 0.4) is 0 Å². The van der Waals surface area contributed by atoms with Gasteiger partial charge in [0, 0.05) is 23.2 Å². The Labute approximate surface area is 178 Å². The van der Waals surface area contributed by atoms with E-state index in [0.29, 0.717) is 11.3 Å². The van der Waals surface area contributed by atoms with Crippen molar-refractivity contribution in [3.8, 4) is 11.6 Å². The van der Waals surface area contributed by atoms with Gasteiger partial charge in [-0.15, -0.1) is 0 Å². The van der Waals surface area contributed by atoms with Crippen LogP contribution in [-0.4, -0.2) is 26.6 Å². The molecule has 6 nitrogen and oxygen atoms in total. The number of methoxy groups -OCH3 is 1. The molecule has 0 bridgehead atoms. The van der Waals surface area contributed by atoms with Crippen molar-refractivity contribution in [1.29, 1.82) is 0 Å². The van der Waals surface area contributed by atoms with Crippen molar-refractivity contribution >= 4 is 28.5 Å². The fourth-order valence-electron chi connectivity index (χ4n) is 2.99. The Kier molecular flexibility index (Phi) is 5.40. The predicted molar refractivity (Wildman–Crippen MR) is 107 cm³/mol. The van der Waals surface area contributed by atoms with Gasteiger partial charge in [0.05, 0.1) is 30.5 Å². The summed E-state index contributed by atoms with van der Waals surface area (Å²) in [5.74, 6) is -1.04. The Morgan fingerprint density at radius 1 is 1.10 bits per heavy atom. The van der Waals surface area contributed by atoms with Gasteiger partial charge in [-0.2, -0.15) is 13.2 Å². The minimum atomic E-state index is -4.71. The second-order valence-corrected chi connectivity index (χ2v) is 6.91. The minimum Gasteiger partial charge on any atom is -0.497 e. The standard InChI is InChI=1S/C20H14ClF4N5O/c1-31-13-4-5-16-15(7-13)29-19(20(23,24)25)30(16)18-10-27-17(9-28-18)26-8-11-2-3-12(21)6-14(11)22/h2-7,9-10H,8H2,1H3,(H,26,27). The highest BCUT2D eigenvalue weighted by atomic mass is 35.5. The van der Waals surface area contributed by atoms with Crippen LogP contribution in [0.1, 0.15) is 11.4 Å². The van der Waals surface area contributed by atoms with Gasteiger partial charge in [-0.05, 0) is 24.3 Å². The van der Waals surface area contributed by atoms with Crippen molar-refractivity contribution in [3.05, 3.63) is 71.0 Å². The van der Waals surface area contributed by atoms with E-state index in [2.05, 4.69) is 20.3 Å². The maximum absolute atomic E-state index is 13.9. The Bertz CT molecular complexity index is 1240. The second kappa shape index (κ2) is 8.03. The predicted octanol–water partition coefficient (Wildman–Crippen LogP) is 5.25. The SMILES string of the molecule is COc1ccc2c(c1)nc(C(F)(F)F)n2-c1cnc(NCc2ccc(Cl)cc2F)cn1. The molecule has 160 valence electrons. The molecule has 0 saturated carbocycles. The van der Waals surface area contributed by atoms with Crippen molar-refractivity contribution in [3.63, 3.8) is 0 Å². The van der Waals surface area contributed by atoms with E-state index in [-0.39, 0.29) is 34.2 Å². The Morgan fingerprint density at radius 3 is 2.55 bits per heavy atom. The van der Waals surface area contributed by atoms with Gasteiger partial charge in [0.2, 0.25) is 5.82 Å². The third-order valence-electron chi connectivity index (χ3n) is 4.46. The molecule has 0 saturated heterocycles. The van der Waals surface area contributed by atoms with Crippen LogP contribution in [0.15, 0.2) is 48.8 Å². The normalized spacial score (nSPS) is 11.7. The van der Waals surface area contributed by atoms with Crippen LogP contribution < -0.4 is 10.1 Å². The maximum Gasteiger partial charge on any atom is 0.450 e. The van der Waals surface area contributed by atoms with Crippen LogP contribution in [0.25, 0.3) is 16.9 Å². The van der Waals surface area contributed by atoms with Crippen molar-refractivity contribution in [2.45, 2.75) is 12.7 Å². The molecule has 0 aliphatic carbocycles. The zero-order valence-corrected chi connectivity index (χ0v) is 16.7. The summed E-state index contributed by atoms with van der Waals surface area (Å²) in [5.41, 5.74) is 0.657. The van der Waals surface area contributed by atoms with Crippen molar-refractivity contribution in [2.24, 2.45) is 0 Å². The molecule has 2 aromatic carbocycles. The molecule has 0 radical (unpaired) electrons. The smallest absolute Gasteiger partial charge is 0.450 e. The third-order valence-corrected chi connectivity index (χ3v) is 4.69. The first-order chi connectivity index (χ1) is 14.8. The number of benzene rings is 2. The molecule has 0 fully saturated rings. The van der Waals surface area contributed by atoms with Gasteiger partial charge in [-0.25, -0.2) is 19.3 Å². The Hall–Kier alpha value is -3.40. The summed E-state index contributed by atoms with van der Waals surface area (Å²) in [4.78, 5) is 11.9. The van der Waals surface area contributed by atoms with E-state index < -0.39 is 17.8 Å². The van der Waals surface area contributed by atoms with Gasteiger partial charge < -0.3 is 10.1 Å². The quantitative estimate of drug-likeness (QED) is 0.420. The van der Waals surface area contributed by atoms with Gasteiger partial charge in [-0.1, -0.05) is 17.7 Å². The van der Waals surface area contributed by atoms with E-state index in [1.165, 1.54) is 49.8 Å². The van der Waals surface area contributed by atoms with Crippen molar-refractivity contribution < 1.29 is 22.3 Å². The topological polar surface area (TPSA) is 64.9 Å². The van der Waals surface area contributed by atoms with Crippen molar-refractivity contribution in [2.75, 3.05) is 12.4 Å². The number of alkyl halides is 3. The second-order valence-electron chi connectivity index (χ2n) is 6.47. The number of halogens is 5. The summed E-state index contributed by atoms with van der Waals surface area (Å²) < 4.78 is 60.6. The molecule has 0 atom stereocenters. The largest absolute Gasteiger partial charge is 0.497 e. The lowest BCUT2D eigenvalue weighted by molar-refractivity contribution is -0.145. The summed E-state index contributed by atoms with van der Waals surface area (Å²) in [6, 6.07) is 8.66. The average molecular weight is 452 g/mol. The average Bonchev–Trinajstić information content (AvgIpc) is 3.13. The van der Waals surface area contributed by atoms with E-state index >= 15 is 0 Å². The van der Waals surface area contributed by atoms with Crippen LogP contribution in [0.4, 0.5) is 23.4 Å². The van der Waals surface area contributed by atoms with Gasteiger partial charge >= 0.3 is 6.18 Å². The molecule has 1 N–H and O–H groups in total. The number of hydrogen-bond donors (Lipinski definition) is 1. The molecular weight excluding hydrogens is 438 g/mol. The Balaban J connectivity index is 1.65. The number of fused-ring (bicyclic) bond motifs is 1. The van der Waals surface area contributed by atoms with Crippen LogP contribution in [-0.2, 0) is 12.7 Å². The third kappa shape index (κ3) is 4.24. The van der Waals surface area contributed by atoms with E-state index in [0.717, 1.165) is 4.57 Å². The van der Waals surface area contributed by atoms with Gasteiger partial charge in [-0.3, -0.25) is 4.57 Å². The van der Waals surface area contributed by atoms with E-state index in [1.54, 1.807) is 6.07 Å². The molecule has 0 aliphatic heterocycles. The minimum absolute atomic E-state index is 0.0665. The van der Waals surface area contributed by atoms with Crippen LogP contribution >= 0.6 is 11.6 Å². The highest BCUT2D eigenvalue weighted by Gasteiger charge is 2.38. The first-order valence-electron chi connectivity index (χ1n) is 8.90. The van der Waals surface area contributed by atoms with Crippen LogP contribution in [0.5, 0.6) is 5.75 Å². The zero-order valence-electron chi connectivity index (χ0n) is 15.9. The molecule has 31 heavy (non-hydrogen) atoms.